The lowest BCUT2D eigenvalue weighted by Crippen LogP contribution is -2.29. The van der Waals surface area contributed by atoms with Crippen molar-refractivity contribution >= 4 is 11.6 Å². The van der Waals surface area contributed by atoms with Gasteiger partial charge in [0.1, 0.15) is 0 Å². The molecule has 0 heterocycles. The van der Waals surface area contributed by atoms with E-state index in [-0.39, 0.29) is 12.0 Å². The zero-order valence-electron chi connectivity index (χ0n) is 10.3. The second-order valence-corrected chi connectivity index (χ2v) is 5.38. The van der Waals surface area contributed by atoms with Gasteiger partial charge in [-0.3, -0.25) is 0 Å². The lowest BCUT2D eigenvalue weighted by atomic mass is 9.82. The zero-order valence-corrected chi connectivity index (χ0v) is 11.0. The molecule has 0 radical (unpaired) electrons. The molecule has 0 aliphatic heterocycles. The molecule has 0 saturated heterocycles. The van der Waals surface area contributed by atoms with Crippen molar-refractivity contribution in [1.29, 1.82) is 0 Å². The molecule has 1 aliphatic carbocycles. The van der Waals surface area contributed by atoms with Gasteiger partial charge in [-0.2, -0.15) is 0 Å². The van der Waals surface area contributed by atoms with E-state index in [9.17, 15) is 0 Å². The highest BCUT2D eigenvalue weighted by molar-refractivity contribution is 6.21. The number of aliphatic hydroxyl groups is 1. The standard InChI is InChI=1S/C14H20ClNO/c1-16(8-9-17)10-11-6-7-14(15)13-5-3-2-4-12(11)13/h2-5,11,14,17H,6-10H2,1H3. The summed E-state index contributed by atoms with van der Waals surface area (Å²) in [5.74, 6) is 0.553. The Morgan fingerprint density at radius 1 is 1.29 bits per heavy atom. The van der Waals surface area contributed by atoms with Gasteiger partial charge in [-0.25, -0.2) is 0 Å². The predicted molar refractivity (Wildman–Crippen MR) is 71.6 cm³/mol. The number of benzene rings is 1. The summed E-state index contributed by atoms with van der Waals surface area (Å²) in [6.07, 6.45) is 2.19. The quantitative estimate of drug-likeness (QED) is 0.835. The van der Waals surface area contributed by atoms with Crippen LogP contribution in [0.15, 0.2) is 24.3 Å². The Kier molecular flexibility index (Phi) is 4.43. The van der Waals surface area contributed by atoms with Gasteiger partial charge >= 0.3 is 0 Å². The van der Waals surface area contributed by atoms with E-state index < -0.39 is 0 Å². The average Bonchev–Trinajstić information content (AvgIpc) is 2.34. The number of hydrogen-bond acceptors (Lipinski definition) is 2. The van der Waals surface area contributed by atoms with Crippen molar-refractivity contribution in [3.63, 3.8) is 0 Å². The molecule has 0 bridgehead atoms. The minimum absolute atomic E-state index is 0.172. The van der Waals surface area contributed by atoms with Crippen molar-refractivity contribution in [3.8, 4) is 0 Å². The maximum absolute atomic E-state index is 8.94. The van der Waals surface area contributed by atoms with Crippen LogP contribution in [0.3, 0.4) is 0 Å². The van der Waals surface area contributed by atoms with E-state index in [1.165, 1.54) is 11.1 Å². The summed E-state index contributed by atoms with van der Waals surface area (Å²) in [6.45, 7) is 1.97. The summed E-state index contributed by atoms with van der Waals surface area (Å²) >= 11 is 6.36. The van der Waals surface area contributed by atoms with Crippen molar-refractivity contribution in [2.45, 2.75) is 24.1 Å². The third-order valence-electron chi connectivity index (χ3n) is 3.56. The van der Waals surface area contributed by atoms with Crippen LogP contribution in [0.1, 0.15) is 35.3 Å². The first kappa shape index (κ1) is 12.9. The van der Waals surface area contributed by atoms with Gasteiger partial charge in [-0.1, -0.05) is 24.3 Å². The third-order valence-corrected chi connectivity index (χ3v) is 4.01. The van der Waals surface area contributed by atoms with Crippen molar-refractivity contribution in [1.82, 2.24) is 4.90 Å². The van der Waals surface area contributed by atoms with Gasteiger partial charge < -0.3 is 10.0 Å². The largest absolute Gasteiger partial charge is 0.395 e. The summed E-state index contributed by atoms with van der Waals surface area (Å²) in [5.41, 5.74) is 2.69. The predicted octanol–water partition coefficient (Wildman–Crippen LogP) is 2.77. The van der Waals surface area contributed by atoms with Gasteiger partial charge in [-0.15, -0.1) is 11.6 Å². The Hall–Kier alpha value is -0.570. The molecule has 0 fully saturated rings. The van der Waals surface area contributed by atoms with Crippen LogP contribution in [-0.4, -0.2) is 36.8 Å². The van der Waals surface area contributed by atoms with Crippen LogP contribution in [0.2, 0.25) is 0 Å². The van der Waals surface area contributed by atoms with E-state index in [0.717, 1.165) is 25.9 Å². The highest BCUT2D eigenvalue weighted by atomic mass is 35.5. The fourth-order valence-corrected chi connectivity index (χ4v) is 2.98. The molecule has 2 nitrogen and oxygen atoms in total. The smallest absolute Gasteiger partial charge is 0.0588 e. The molecule has 1 aromatic carbocycles. The maximum Gasteiger partial charge on any atom is 0.0588 e. The van der Waals surface area contributed by atoms with Crippen LogP contribution in [-0.2, 0) is 0 Å². The summed E-state index contributed by atoms with van der Waals surface area (Å²) in [4.78, 5) is 2.19. The van der Waals surface area contributed by atoms with Crippen molar-refractivity contribution in [2.24, 2.45) is 0 Å². The van der Waals surface area contributed by atoms with Gasteiger partial charge in [-0.05, 0) is 36.9 Å². The van der Waals surface area contributed by atoms with Crippen molar-refractivity contribution in [2.75, 3.05) is 26.7 Å². The molecular formula is C14H20ClNO. The Morgan fingerprint density at radius 2 is 2.00 bits per heavy atom. The number of likely N-dealkylation sites (N-methyl/N-ethyl adjacent to an activating group) is 1. The first-order valence-corrected chi connectivity index (χ1v) is 6.68. The highest BCUT2D eigenvalue weighted by Crippen LogP contribution is 2.40. The van der Waals surface area contributed by atoms with Gasteiger partial charge in [0.15, 0.2) is 0 Å². The fraction of sp³-hybridized carbons (Fsp3) is 0.571. The summed E-state index contributed by atoms with van der Waals surface area (Å²) in [6, 6.07) is 8.49. The molecule has 0 aromatic heterocycles. The van der Waals surface area contributed by atoms with Crippen LogP contribution in [0.4, 0.5) is 0 Å². The topological polar surface area (TPSA) is 23.5 Å². The molecule has 1 aliphatic rings. The minimum atomic E-state index is 0.172. The number of hydrogen-bond donors (Lipinski definition) is 1. The Bertz CT molecular complexity index is 369. The molecular weight excluding hydrogens is 234 g/mol. The first-order valence-electron chi connectivity index (χ1n) is 6.24. The van der Waals surface area contributed by atoms with Crippen LogP contribution < -0.4 is 0 Å². The average molecular weight is 254 g/mol. The SMILES string of the molecule is CN(CCO)CC1CCC(Cl)c2ccccc21. The van der Waals surface area contributed by atoms with Crippen molar-refractivity contribution < 1.29 is 5.11 Å². The number of alkyl halides is 1. The maximum atomic E-state index is 8.94. The lowest BCUT2D eigenvalue weighted by Gasteiger charge is -2.31. The monoisotopic (exact) mass is 253 g/mol. The van der Waals surface area contributed by atoms with Crippen LogP contribution in [0.5, 0.6) is 0 Å². The van der Waals surface area contributed by atoms with E-state index in [4.69, 9.17) is 16.7 Å². The molecule has 2 rings (SSSR count). The third kappa shape index (κ3) is 3.01. The Morgan fingerprint density at radius 3 is 2.71 bits per heavy atom. The van der Waals surface area contributed by atoms with E-state index in [1.54, 1.807) is 0 Å². The van der Waals surface area contributed by atoms with Gasteiger partial charge in [0.2, 0.25) is 0 Å². The number of rotatable bonds is 4. The van der Waals surface area contributed by atoms with Gasteiger partial charge in [0.25, 0.3) is 0 Å². The van der Waals surface area contributed by atoms with Crippen molar-refractivity contribution in [3.05, 3.63) is 35.4 Å². The lowest BCUT2D eigenvalue weighted by molar-refractivity contribution is 0.211. The Labute approximate surface area is 108 Å². The summed E-state index contributed by atoms with van der Waals surface area (Å²) in [7, 11) is 2.06. The molecule has 0 amide bonds. The van der Waals surface area contributed by atoms with E-state index in [2.05, 4.69) is 36.2 Å². The zero-order chi connectivity index (χ0) is 12.3. The fourth-order valence-electron chi connectivity index (χ4n) is 2.65. The van der Waals surface area contributed by atoms with Crippen LogP contribution in [0, 0.1) is 0 Å². The second kappa shape index (κ2) is 5.85. The molecule has 94 valence electrons. The number of halogens is 1. The summed E-state index contributed by atoms with van der Waals surface area (Å²) < 4.78 is 0. The molecule has 3 heteroatoms. The number of nitrogens with zero attached hydrogens (tertiary/aromatic N) is 1. The van der Waals surface area contributed by atoms with E-state index >= 15 is 0 Å². The molecule has 1 N–H and O–H groups in total. The van der Waals surface area contributed by atoms with Gasteiger partial charge in [0.05, 0.1) is 12.0 Å². The molecule has 17 heavy (non-hydrogen) atoms. The Balaban J connectivity index is 2.13. The molecule has 2 atom stereocenters. The number of fused-ring (bicyclic) bond motifs is 1. The highest BCUT2D eigenvalue weighted by Gasteiger charge is 2.26. The molecule has 1 aromatic rings. The summed E-state index contributed by atoms with van der Waals surface area (Å²) in [5, 5.41) is 9.11. The van der Waals surface area contributed by atoms with E-state index in [0.29, 0.717) is 5.92 Å². The van der Waals surface area contributed by atoms with Crippen LogP contribution in [0.25, 0.3) is 0 Å². The number of aliphatic hydroxyl groups excluding tert-OH is 1. The van der Waals surface area contributed by atoms with Gasteiger partial charge in [0, 0.05) is 13.1 Å². The molecule has 0 spiro atoms. The molecule has 0 saturated carbocycles. The molecule has 2 unspecified atom stereocenters. The normalized spacial score (nSPS) is 23.8. The van der Waals surface area contributed by atoms with Crippen LogP contribution >= 0.6 is 11.6 Å². The first-order chi connectivity index (χ1) is 8.22. The minimum Gasteiger partial charge on any atom is -0.395 e. The van der Waals surface area contributed by atoms with E-state index in [1.807, 2.05) is 0 Å². The second-order valence-electron chi connectivity index (χ2n) is 4.86.